The maximum absolute atomic E-state index is 12.8. The molecular weight excluding hydrogens is 396 g/mol. The second kappa shape index (κ2) is 7.25. The summed E-state index contributed by atoms with van der Waals surface area (Å²) in [5, 5.41) is 0.361. The molecule has 0 bridgehead atoms. The van der Waals surface area contributed by atoms with Crippen LogP contribution < -0.4 is 9.64 Å². The Kier molecular flexibility index (Phi) is 4.93. The number of para-hydroxylation sites is 2. The van der Waals surface area contributed by atoms with Gasteiger partial charge in [0.2, 0.25) is 0 Å². The first kappa shape index (κ1) is 19.0. The van der Waals surface area contributed by atoms with Crippen LogP contribution in [0, 0.1) is 6.92 Å². The van der Waals surface area contributed by atoms with Gasteiger partial charge in [-0.1, -0.05) is 41.6 Å². The summed E-state index contributed by atoms with van der Waals surface area (Å²) in [5.41, 5.74) is 2.21. The van der Waals surface area contributed by atoms with Crippen LogP contribution in [0.5, 0.6) is 5.75 Å². The van der Waals surface area contributed by atoms with Crippen molar-refractivity contribution in [2.75, 3.05) is 23.5 Å². The maximum atomic E-state index is 12.8. The molecule has 2 atom stereocenters. The molecule has 0 radical (unpaired) electrons. The summed E-state index contributed by atoms with van der Waals surface area (Å²) in [6.07, 6.45) is 0. The Bertz CT molecular complexity index is 1070. The number of carbonyl (C=O) groups is 1. The molecule has 8 heteroatoms. The van der Waals surface area contributed by atoms with Gasteiger partial charge in [0.1, 0.15) is 5.75 Å². The number of ether oxygens (including phenoxy) is 1. The number of amides is 1. The number of thioether (sulfide) groups is 1. The Balaban J connectivity index is 1.76. The number of aryl methyl sites for hydroxylation is 1. The van der Waals surface area contributed by atoms with Crippen molar-refractivity contribution < 1.29 is 17.9 Å². The molecule has 6 nitrogen and oxygen atoms in total. The zero-order valence-electron chi connectivity index (χ0n) is 15.5. The molecule has 4 rings (SSSR count). The van der Waals surface area contributed by atoms with Crippen LogP contribution in [0.3, 0.4) is 0 Å². The van der Waals surface area contributed by atoms with Crippen molar-refractivity contribution in [2.45, 2.75) is 18.2 Å². The summed E-state index contributed by atoms with van der Waals surface area (Å²) < 4.78 is 29.8. The van der Waals surface area contributed by atoms with Gasteiger partial charge in [0.05, 0.1) is 30.3 Å². The minimum absolute atomic E-state index is 0.0420. The van der Waals surface area contributed by atoms with Gasteiger partial charge in [-0.3, -0.25) is 4.79 Å². The zero-order valence-corrected chi connectivity index (χ0v) is 17.2. The molecular formula is C20H20N2O4S2. The third kappa shape index (κ3) is 3.54. The first-order valence-electron chi connectivity index (χ1n) is 8.87. The summed E-state index contributed by atoms with van der Waals surface area (Å²) in [4.78, 5) is 19.0. The molecule has 146 valence electrons. The van der Waals surface area contributed by atoms with Crippen molar-refractivity contribution in [2.24, 2.45) is 4.99 Å². The fraction of sp³-hybridized carbons (Fsp3) is 0.300. The van der Waals surface area contributed by atoms with E-state index in [2.05, 4.69) is 4.99 Å². The molecule has 0 aromatic heterocycles. The van der Waals surface area contributed by atoms with E-state index in [1.54, 1.807) is 19.2 Å². The molecule has 2 heterocycles. The van der Waals surface area contributed by atoms with Crippen LogP contribution in [-0.4, -0.2) is 49.4 Å². The Morgan fingerprint density at radius 2 is 1.96 bits per heavy atom. The lowest BCUT2D eigenvalue weighted by molar-refractivity contribution is 0.100. The zero-order chi connectivity index (χ0) is 19.9. The average molecular weight is 417 g/mol. The predicted molar refractivity (Wildman–Crippen MR) is 112 cm³/mol. The van der Waals surface area contributed by atoms with Gasteiger partial charge in [-0.25, -0.2) is 8.42 Å². The number of benzene rings is 2. The molecule has 2 aliphatic heterocycles. The lowest BCUT2D eigenvalue weighted by atomic mass is 10.1. The van der Waals surface area contributed by atoms with E-state index in [-0.39, 0.29) is 28.7 Å². The van der Waals surface area contributed by atoms with E-state index < -0.39 is 9.84 Å². The molecule has 2 aliphatic rings. The molecule has 2 fully saturated rings. The minimum Gasteiger partial charge on any atom is -0.495 e. The lowest BCUT2D eigenvalue weighted by Crippen LogP contribution is -2.38. The van der Waals surface area contributed by atoms with E-state index in [9.17, 15) is 13.2 Å². The highest BCUT2D eigenvalue weighted by Crippen LogP contribution is 2.43. The number of nitrogens with zero attached hydrogens (tertiary/aromatic N) is 2. The molecule has 1 amide bonds. The smallest absolute Gasteiger partial charge is 0.279 e. The quantitative estimate of drug-likeness (QED) is 0.766. The van der Waals surface area contributed by atoms with Crippen LogP contribution in [0.1, 0.15) is 15.9 Å². The molecule has 2 saturated heterocycles. The van der Waals surface area contributed by atoms with Crippen LogP contribution in [0.25, 0.3) is 0 Å². The van der Waals surface area contributed by atoms with Gasteiger partial charge in [0.15, 0.2) is 15.0 Å². The second-order valence-electron chi connectivity index (χ2n) is 6.91. The van der Waals surface area contributed by atoms with Crippen molar-refractivity contribution in [3.05, 3.63) is 59.7 Å². The van der Waals surface area contributed by atoms with Crippen molar-refractivity contribution >= 4 is 38.4 Å². The van der Waals surface area contributed by atoms with E-state index >= 15 is 0 Å². The van der Waals surface area contributed by atoms with Gasteiger partial charge < -0.3 is 9.64 Å². The topological polar surface area (TPSA) is 76.0 Å². The number of aliphatic imine (C=N–C) groups is 1. The average Bonchev–Trinajstić information content (AvgIpc) is 3.12. The van der Waals surface area contributed by atoms with Crippen LogP contribution in [-0.2, 0) is 9.84 Å². The summed E-state index contributed by atoms with van der Waals surface area (Å²) in [5.74, 6) is 0.407. The Morgan fingerprint density at radius 1 is 1.18 bits per heavy atom. The number of rotatable bonds is 3. The lowest BCUT2D eigenvalue weighted by Gasteiger charge is -2.26. The molecule has 2 aromatic rings. The SMILES string of the molecule is COc1ccccc1N1C(=NC(=O)c2cccc(C)c2)S[C@H]2CS(=O)(=O)C[C@@H]21. The van der Waals surface area contributed by atoms with Crippen molar-refractivity contribution in [1.29, 1.82) is 0 Å². The highest BCUT2D eigenvalue weighted by atomic mass is 32.2. The van der Waals surface area contributed by atoms with E-state index in [0.717, 1.165) is 11.3 Å². The second-order valence-corrected chi connectivity index (χ2v) is 10.3. The summed E-state index contributed by atoms with van der Waals surface area (Å²) in [6, 6.07) is 14.4. The van der Waals surface area contributed by atoms with Crippen LogP contribution in [0.2, 0.25) is 0 Å². The maximum Gasteiger partial charge on any atom is 0.279 e. The number of fused-ring (bicyclic) bond motifs is 1. The number of hydrogen-bond donors (Lipinski definition) is 0. The van der Waals surface area contributed by atoms with Crippen molar-refractivity contribution in [1.82, 2.24) is 0 Å². The van der Waals surface area contributed by atoms with Crippen molar-refractivity contribution in [3.8, 4) is 5.75 Å². The van der Waals surface area contributed by atoms with Crippen molar-refractivity contribution in [3.63, 3.8) is 0 Å². The van der Waals surface area contributed by atoms with E-state index in [4.69, 9.17) is 4.74 Å². The van der Waals surface area contributed by atoms with Crippen LogP contribution in [0.15, 0.2) is 53.5 Å². The minimum atomic E-state index is -3.12. The van der Waals surface area contributed by atoms with Gasteiger partial charge in [0.25, 0.3) is 5.91 Å². The number of carbonyl (C=O) groups excluding carboxylic acids is 1. The molecule has 0 saturated carbocycles. The number of sulfone groups is 1. The Hall–Kier alpha value is -2.32. The van der Waals surface area contributed by atoms with Gasteiger partial charge >= 0.3 is 0 Å². The normalized spacial score (nSPS) is 24.4. The number of methoxy groups -OCH3 is 1. The fourth-order valence-electron chi connectivity index (χ4n) is 3.60. The monoisotopic (exact) mass is 416 g/mol. The first-order valence-corrected chi connectivity index (χ1v) is 11.6. The predicted octanol–water partition coefficient (Wildman–Crippen LogP) is 2.92. The van der Waals surface area contributed by atoms with Gasteiger partial charge in [-0.15, -0.1) is 0 Å². The van der Waals surface area contributed by atoms with E-state index in [0.29, 0.717) is 16.5 Å². The Morgan fingerprint density at radius 3 is 2.71 bits per heavy atom. The Labute approximate surface area is 168 Å². The molecule has 2 aromatic carbocycles. The standard InChI is InChI=1S/C20H20N2O4S2/c1-13-6-5-7-14(10-13)19(23)21-20-22(15-8-3-4-9-17(15)26-2)16-11-28(24,25)12-18(16)27-20/h3-10,16,18H,11-12H2,1-2H3/t16-,18-/m0/s1. The van der Waals surface area contributed by atoms with E-state index in [1.165, 1.54) is 11.8 Å². The molecule has 0 aliphatic carbocycles. The molecule has 0 spiro atoms. The van der Waals surface area contributed by atoms with Gasteiger partial charge in [-0.05, 0) is 31.2 Å². The van der Waals surface area contributed by atoms with E-state index in [1.807, 2.05) is 48.2 Å². The largest absolute Gasteiger partial charge is 0.495 e. The summed E-state index contributed by atoms with van der Waals surface area (Å²) in [6.45, 7) is 1.92. The van der Waals surface area contributed by atoms with Gasteiger partial charge in [-0.2, -0.15) is 4.99 Å². The fourth-order valence-corrected chi connectivity index (χ4v) is 7.51. The summed E-state index contributed by atoms with van der Waals surface area (Å²) in [7, 11) is -1.55. The summed E-state index contributed by atoms with van der Waals surface area (Å²) >= 11 is 1.35. The molecule has 28 heavy (non-hydrogen) atoms. The highest BCUT2D eigenvalue weighted by Gasteiger charge is 2.50. The third-order valence-electron chi connectivity index (χ3n) is 4.87. The van der Waals surface area contributed by atoms with Crippen LogP contribution >= 0.6 is 11.8 Å². The van der Waals surface area contributed by atoms with Crippen LogP contribution in [0.4, 0.5) is 5.69 Å². The number of anilines is 1. The molecule has 0 N–H and O–H groups in total. The van der Waals surface area contributed by atoms with Gasteiger partial charge in [0, 0.05) is 10.8 Å². The number of hydrogen-bond acceptors (Lipinski definition) is 5. The molecule has 0 unspecified atom stereocenters. The first-order chi connectivity index (χ1) is 13.4. The highest BCUT2D eigenvalue weighted by molar-refractivity contribution is 8.16. The number of amidine groups is 1. The third-order valence-corrected chi connectivity index (χ3v) is 8.08.